The van der Waals surface area contributed by atoms with E-state index >= 15 is 0 Å². The molecule has 0 amide bonds. The van der Waals surface area contributed by atoms with Gasteiger partial charge in [0.05, 0.1) is 7.11 Å². The Morgan fingerprint density at radius 1 is 1.18 bits per heavy atom. The van der Waals surface area contributed by atoms with Crippen LogP contribution in [0.5, 0.6) is 5.88 Å². The monoisotopic (exact) mass is 486 g/mol. The van der Waals surface area contributed by atoms with Gasteiger partial charge in [-0.3, -0.25) is 0 Å². The number of ether oxygens (including phenoxy) is 2. The minimum absolute atomic E-state index is 0.210. The van der Waals surface area contributed by atoms with Crippen molar-refractivity contribution in [3.8, 4) is 5.88 Å². The molecule has 3 aromatic rings. The average molecular weight is 487 g/mol. The molecule has 0 aliphatic carbocycles. The first kappa shape index (κ1) is 23.3. The van der Waals surface area contributed by atoms with E-state index in [9.17, 15) is 4.39 Å². The first-order valence-corrected chi connectivity index (χ1v) is 11.6. The van der Waals surface area contributed by atoms with Gasteiger partial charge in [-0.25, -0.2) is 19.3 Å². The number of hydrogen-bond donors (Lipinski definition) is 2. The molecule has 0 atom stereocenters. The van der Waals surface area contributed by atoms with Crippen LogP contribution in [0.15, 0.2) is 59.0 Å². The standard InChI is InChI=1S/C22H23FN6O2S2/c1-30-17-13-18(33-21-24-9-2-10-25-21)28-19(27-17)29-20(32)26-14-22(7-11-31-12-8-22)15-3-5-16(23)6-4-15/h2-6,9-10,13H,7-8,11-12,14H2,1H3,(H2,26,27,28,29,32). The third-order valence-electron chi connectivity index (χ3n) is 5.35. The zero-order valence-electron chi connectivity index (χ0n) is 18.0. The molecule has 172 valence electrons. The van der Waals surface area contributed by atoms with E-state index in [2.05, 4.69) is 30.6 Å². The average Bonchev–Trinajstić information content (AvgIpc) is 2.84. The maximum absolute atomic E-state index is 13.5. The van der Waals surface area contributed by atoms with Gasteiger partial charge < -0.3 is 20.1 Å². The van der Waals surface area contributed by atoms with Crippen molar-refractivity contribution in [3.05, 3.63) is 60.2 Å². The fourth-order valence-corrected chi connectivity index (χ4v) is 4.45. The molecule has 8 nitrogen and oxygen atoms in total. The maximum atomic E-state index is 13.5. The molecule has 1 aliphatic heterocycles. The molecule has 0 bridgehead atoms. The van der Waals surface area contributed by atoms with Gasteiger partial charge in [0, 0.05) is 43.6 Å². The molecule has 2 N–H and O–H groups in total. The number of nitrogens with one attached hydrogen (secondary N) is 2. The van der Waals surface area contributed by atoms with Crippen LogP contribution < -0.4 is 15.4 Å². The third-order valence-corrected chi connectivity index (χ3v) is 6.40. The molecule has 0 spiro atoms. The Kier molecular flexibility index (Phi) is 7.63. The van der Waals surface area contributed by atoms with Crippen molar-refractivity contribution < 1.29 is 13.9 Å². The quantitative estimate of drug-likeness (QED) is 0.293. The number of nitrogens with zero attached hydrogens (tertiary/aromatic N) is 4. The van der Waals surface area contributed by atoms with E-state index in [-0.39, 0.29) is 11.2 Å². The second kappa shape index (κ2) is 10.8. The number of anilines is 1. The number of methoxy groups -OCH3 is 1. The van der Waals surface area contributed by atoms with Gasteiger partial charge in [-0.05, 0) is 60.6 Å². The largest absolute Gasteiger partial charge is 0.481 e. The van der Waals surface area contributed by atoms with Crippen molar-refractivity contribution in [2.75, 3.05) is 32.2 Å². The summed E-state index contributed by atoms with van der Waals surface area (Å²) in [5, 5.41) is 7.87. The summed E-state index contributed by atoms with van der Waals surface area (Å²) in [5.41, 5.74) is 0.847. The topological polar surface area (TPSA) is 94.1 Å². The lowest BCUT2D eigenvalue weighted by Gasteiger charge is -2.38. The van der Waals surface area contributed by atoms with E-state index in [0.29, 0.717) is 46.9 Å². The minimum Gasteiger partial charge on any atom is -0.481 e. The number of thiocarbonyl (C=S) groups is 1. The van der Waals surface area contributed by atoms with E-state index in [0.717, 1.165) is 18.4 Å². The summed E-state index contributed by atoms with van der Waals surface area (Å²) in [7, 11) is 1.54. The van der Waals surface area contributed by atoms with E-state index in [1.165, 1.54) is 31.0 Å². The van der Waals surface area contributed by atoms with Gasteiger partial charge in [0.25, 0.3) is 0 Å². The first-order chi connectivity index (χ1) is 16.1. The van der Waals surface area contributed by atoms with Gasteiger partial charge in [-0.15, -0.1) is 0 Å². The lowest BCUT2D eigenvalue weighted by molar-refractivity contribution is 0.0515. The van der Waals surface area contributed by atoms with Crippen LogP contribution in [0.4, 0.5) is 10.3 Å². The number of rotatable bonds is 7. The fraction of sp³-hybridized carbons (Fsp3) is 0.318. The number of aromatic nitrogens is 4. The minimum atomic E-state index is -0.254. The highest BCUT2D eigenvalue weighted by molar-refractivity contribution is 7.99. The molecule has 0 unspecified atom stereocenters. The molecule has 1 fully saturated rings. The van der Waals surface area contributed by atoms with E-state index in [1.54, 1.807) is 24.5 Å². The Hall–Kier alpha value is -2.89. The summed E-state index contributed by atoms with van der Waals surface area (Å²) >= 11 is 6.80. The molecule has 3 heterocycles. The van der Waals surface area contributed by atoms with Crippen LogP contribution in [-0.4, -0.2) is 51.9 Å². The molecule has 1 saturated heterocycles. The predicted octanol–water partition coefficient (Wildman–Crippen LogP) is 3.60. The summed E-state index contributed by atoms with van der Waals surface area (Å²) in [5.74, 6) is 0.435. The lowest BCUT2D eigenvalue weighted by Crippen LogP contribution is -2.45. The first-order valence-electron chi connectivity index (χ1n) is 10.3. The van der Waals surface area contributed by atoms with E-state index in [4.69, 9.17) is 21.7 Å². The van der Waals surface area contributed by atoms with Crippen molar-refractivity contribution in [1.82, 2.24) is 25.3 Å². The Bertz CT molecular complexity index is 1080. The van der Waals surface area contributed by atoms with Crippen LogP contribution in [0.1, 0.15) is 18.4 Å². The smallest absolute Gasteiger partial charge is 0.233 e. The van der Waals surface area contributed by atoms with Gasteiger partial charge in [0.1, 0.15) is 10.8 Å². The van der Waals surface area contributed by atoms with Crippen molar-refractivity contribution in [1.29, 1.82) is 0 Å². The van der Waals surface area contributed by atoms with Crippen LogP contribution in [-0.2, 0) is 10.2 Å². The second-order valence-corrected chi connectivity index (χ2v) is 8.81. The molecule has 33 heavy (non-hydrogen) atoms. The van der Waals surface area contributed by atoms with Gasteiger partial charge in [0.2, 0.25) is 11.8 Å². The number of hydrogen-bond acceptors (Lipinski definition) is 8. The Morgan fingerprint density at radius 2 is 1.91 bits per heavy atom. The Labute approximate surface area is 200 Å². The molecule has 11 heteroatoms. The number of halogens is 1. The van der Waals surface area contributed by atoms with Crippen LogP contribution >= 0.6 is 24.0 Å². The maximum Gasteiger partial charge on any atom is 0.233 e. The Morgan fingerprint density at radius 3 is 2.61 bits per heavy atom. The zero-order chi connectivity index (χ0) is 23.1. The normalized spacial score (nSPS) is 15.0. The SMILES string of the molecule is COc1cc(Sc2ncccn2)nc(NC(=S)NCC2(c3ccc(F)cc3)CCOCC2)n1. The van der Waals surface area contributed by atoms with Gasteiger partial charge >= 0.3 is 0 Å². The lowest BCUT2D eigenvalue weighted by atomic mass is 9.74. The van der Waals surface area contributed by atoms with Crippen LogP contribution in [0.25, 0.3) is 0 Å². The van der Waals surface area contributed by atoms with Crippen LogP contribution in [0, 0.1) is 5.82 Å². The van der Waals surface area contributed by atoms with Crippen LogP contribution in [0.2, 0.25) is 0 Å². The molecule has 2 aromatic heterocycles. The molecule has 0 radical (unpaired) electrons. The molecular formula is C22H23FN6O2S2. The molecule has 0 saturated carbocycles. The highest BCUT2D eigenvalue weighted by Gasteiger charge is 2.34. The van der Waals surface area contributed by atoms with Gasteiger partial charge in [-0.2, -0.15) is 4.98 Å². The molecular weight excluding hydrogens is 463 g/mol. The van der Waals surface area contributed by atoms with E-state index < -0.39 is 0 Å². The summed E-state index contributed by atoms with van der Waals surface area (Å²) in [6.45, 7) is 1.85. The molecule has 1 aliphatic rings. The fourth-order valence-electron chi connectivity index (χ4n) is 3.58. The van der Waals surface area contributed by atoms with Crippen molar-refractivity contribution >= 4 is 35.0 Å². The predicted molar refractivity (Wildman–Crippen MR) is 127 cm³/mol. The van der Waals surface area contributed by atoms with Crippen molar-refractivity contribution in [2.45, 2.75) is 28.4 Å². The second-order valence-electron chi connectivity index (χ2n) is 7.41. The highest BCUT2D eigenvalue weighted by Crippen LogP contribution is 2.34. The summed E-state index contributed by atoms with van der Waals surface area (Å²) in [4.78, 5) is 17.2. The van der Waals surface area contributed by atoms with E-state index in [1.807, 2.05) is 12.1 Å². The van der Waals surface area contributed by atoms with Crippen molar-refractivity contribution in [2.24, 2.45) is 0 Å². The number of benzene rings is 1. The summed E-state index contributed by atoms with van der Waals surface area (Å²) < 4.78 is 24.3. The van der Waals surface area contributed by atoms with Gasteiger partial charge in [-0.1, -0.05) is 12.1 Å². The van der Waals surface area contributed by atoms with Crippen molar-refractivity contribution in [3.63, 3.8) is 0 Å². The Balaban J connectivity index is 1.45. The summed E-state index contributed by atoms with van der Waals surface area (Å²) in [6, 6.07) is 10.1. The summed E-state index contributed by atoms with van der Waals surface area (Å²) in [6.07, 6.45) is 4.95. The molecule has 1 aromatic carbocycles. The highest BCUT2D eigenvalue weighted by atomic mass is 32.2. The third kappa shape index (κ3) is 6.12. The van der Waals surface area contributed by atoms with Crippen LogP contribution in [0.3, 0.4) is 0 Å². The van der Waals surface area contributed by atoms with Gasteiger partial charge in [0.15, 0.2) is 10.3 Å². The molecule has 4 rings (SSSR count). The zero-order valence-corrected chi connectivity index (χ0v) is 19.6.